The zero-order chi connectivity index (χ0) is 11.7. The highest BCUT2D eigenvalue weighted by molar-refractivity contribution is 5.31. The molecule has 1 aromatic rings. The molecule has 0 aromatic carbocycles. The van der Waals surface area contributed by atoms with Crippen molar-refractivity contribution in [2.24, 2.45) is 0 Å². The van der Waals surface area contributed by atoms with E-state index in [0.717, 1.165) is 4.68 Å². The molecule has 2 heterocycles. The van der Waals surface area contributed by atoms with Gasteiger partial charge in [0.25, 0.3) is 5.56 Å². The zero-order valence-electron chi connectivity index (χ0n) is 8.48. The molecule has 7 nitrogen and oxygen atoms in total. The number of nitrogens with zero attached hydrogens (tertiary/aromatic N) is 2. The van der Waals surface area contributed by atoms with Crippen LogP contribution in [-0.2, 0) is 4.74 Å². The Balaban J connectivity index is 2.23. The van der Waals surface area contributed by atoms with E-state index in [4.69, 9.17) is 15.6 Å². The van der Waals surface area contributed by atoms with Gasteiger partial charge in [-0.25, -0.2) is 4.68 Å². The third-order valence-corrected chi connectivity index (χ3v) is 2.50. The molecule has 1 fully saturated rings. The molecule has 7 heteroatoms. The van der Waals surface area contributed by atoms with Gasteiger partial charge in [-0.05, 0) is 0 Å². The van der Waals surface area contributed by atoms with Crippen molar-refractivity contribution in [1.82, 2.24) is 9.78 Å². The molecular formula is C9H13N3O4. The average Bonchev–Trinajstić information content (AvgIpc) is 2.59. The maximum atomic E-state index is 11.5. The Bertz CT molecular complexity index is 433. The zero-order valence-corrected chi connectivity index (χ0v) is 8.48. The van der Waals surface area contributed by atoms with E-state index < -0.39 is 24.0 Å². The van der Waals surface area contributed by atoms with Crippen molar-refractivity contribution in [1.29, 1.82) is 0 Å². The fraction of sp³-hybridized carbons (Fsp3) is 0.556. The number of hydrogen-bond acceptors (Lipinski definition) is 6. The quantitative estimate of drug-likeness (QED) is 0.565. The summed E-state index contributed by atoms with van der Waals surface area (Å²) >= 11 is 0. The van der Waals surface area contributed by atoms with Gasteiger partial charge in [0, 0.05) is 12.5 Å². The number of aromatic nitrogens is 2. The molecule has 2 rings (SSSR count). The molecular weight excluding hydrogens is 214 g/mol. The van der Waals surface area contributed by atoms with Crippen LogP contribution in [0, 0.1) is 0 Å². The summed E-state index contributed by atoms with van der Waals surface area (Å²) in [6.45, 7) is -0.290. The number of nitrogen functional groups attached to an aromatic ring is 1. The van der Waals surface area contributed by atoms with Crippen molar-refractivity contribution in [2.75, 3.05) is 12.3 Å². The van der Waals surface area contributed by atoms with Gasteiger partial charge in [-0.1, -0.05) is 0 Å². The van der Waals surface area contributed by atoms with Gasteiger partial charge < -0.3 is 20.7 Å². The van der Waals surface area contributed by atoms with Crippen LogP contribution < -0.4 is 11.3 Å². The molecule has 1 aliphatic heterocycles. The standard InChI is InChI=1S/C9H13N3O4/c10-5-1-8(15)12(11-3-5)9-2-6(14)7(4-13)16-9/h1,3,6-7,9,13-14H,2,4,10H2/t6-,7+,9+/m0/s1. The SMILES string of the molecule is Nc1cnn([C@H]2C[C@H](O)[C@@H](CO)O2)c(=O)c1. The lowest BCUT2D eigenvalue weighted by atomic mass is 10.2. The summed E-state index contributed by atoms with van der Waals surface area (Å²) in [5, 5.41) is 22.2. The predicted octanol–water partition coefficient (Wildman–Crippen LogP) is -1.53. The molecule has 3 atom stereocenters. The number of aliphatic hydroxyl groups is 2. The minimum Gasteiger partial charge on any atom is -0.397 e. The topological polar surface area (TPSA) is 111 Å². The largest absolute Gasteiger partial charge is 0.397 e. The molecule has 88 valence electrons. The molecule has 1 saturated heterocycles. The van der Waals surface area contributed by atoms with Gasteiger partial charge in [0.05, 0.1) is 24.6 Å². The van der Waals surface area contributed by atoms with Gasteiger partial charge in [-0.3, -0.25) is 4.79 Å². The summed E-state index contributed by atoms with van der Waals surface area (Å²) in [6.07, 6.45) is -0.552. The highest BCUT2D eigenvalue weighted by Gasteiger charge is 2.35. The van der Waals surface area contributed by atoms with Crippen LogP contribution in [0.3, 0.4) is 0 Å². The second-order valence-corrected chi connectivity index (χ2v) is 3.69. The number of aliphatic hydroxyl groups excluding tert-OH is 2. The Hall–Kier alpha value is -1.44. The third-order valence-electron chi connectivity index (χ3n) is 2.50. The normalized spacial score (nSPS) is 29.5. The van der Waals surface area contributed by atoms with Crippen LogP contribution in [0.2, 0.25) is 0 Å². The van der Waals surface area contributed by atoms with Crippen molar-refractivity contribution in [3.05, 3.63) is 22.6 Å². The summed E-state index contributed by atoms with van der Waals surface area (Å²) < 4.78 is 6.40. The molecule has 0 unspecified atom stereocenters. The first-order valence-electron chi connectivity index (χ1n) is 4.90. The van der Waals surface area contributed by atoms with Crippen molar-refractivity contribution in [3.8, 4) is 0 Å². The lowest BCUT2D eigenvalue weighted by molar-refractivity contribution is -0.0500. The van der Waals surface area contributed by atoms with Gasteiger partial charge in [0.2, 0.25) is 0 Å². The number of hydrogen-bond donors (Lipinski definition) is 3. The lowest BCUT2D eigenvalue weighted by Gasteiger charge is -2.13. The fourth-order valence-electron chi connectivity index (χ4n) is 1.68. The summed E-state index contributed by atoms with van der Waals surface area (Å²) in [5.74, 6) is 0. The first-order valence-corrected chi connectivity index (χ1v) is 4.90. The molecule has 16 heavy (non-hydrogen) atoms. The van der Waals surface area contributed by atoms with E-state index >= 15 is 0 Å². The predicted molar refractivity (Wildman–Crippen MR) is 54.5 cm³/mol. The van der Waals surface area contributed by atoms with Crippen LogP contribution in [0.5, 0.6) is 0 Å². The smallest absolute Gasteiger partial charge is 0.271 e. The molecule has 1 aromatic heterocycles. The molecule has 1 aliphatic rings. The van der Waals surface area contributed by atoms with Crippen LogP contribution in [-0.4, -0.2) is 38.8 Å². The minimum absolute atomic E-state index is 0.224. The van der Waals surface area contributed by atoms with E-state index in [-0.39, 0.29) is 18.7 Å². The molecule has 0 spiro atoms. The van der Waals surface area contributed by atoms with E-state index in [2.05, 4.69) is 5.10 Å². The maximum Gasteiger partial charge on any atom is 0.271 e. The van der Waals surface area contributed by atoms with Crippen molar-refractivity contribution < 1.29 is 14.9 Å². The summed E-state index contributed by atoms with van der Waals surface area (Å²) in [7, 11) is 0. The fourth-order valence-corrected chi connectivity index (χ4v) is 1.68. The number of rotatable bonds is 2. The molecule has 0 bridgehead atoms. The Kier molecular flexibility index (Phi) is 2.90. The number of anilines is 1. The average molecular weight is 227 g/mol. The maximum absolute atomic E-state index is 11.5. The van der Waals surface area contributed by atoms with Crippen LogP contribution in [0.25, 0.3) is 0 Å². The van der Waals surface area contributed by atoms with E-state index in [1.807, 2.05) is 0 Å². The summed E-state index contributed by atoms with van der Waals surface area (Å²) in [5.41, 5.74) is 5.28. The third kappa shape index (κ3) is 1.92. The van der Waals surface area contributed by atoms with Crippen LogP contribution in [0.4, 0.5) is 5.69 Å². The van der Waals surface area contributed by atoms with Crippen LogP contribution >= 0.6 is 0 Å². The monoisotopic (exact) mass is 227 g/mol. The van der Waals surface area contributed by atoms with Gasteiger partial charge in [-0.2, -0.15) is 5.10 Å². The number of nitrogens with two attached hydrogens (primary N) is 1. The first-order chi connectivity index (χ1) is 7.61. The van der Waals surface area contributed by atoms with Crippen LogP contribution in [0.15, 0.2) is 17.1 Å². The Labute approximate surface area is 91.1 Å². The Morgan fingerprint density at radius 3 is 3.00 bits per heavy atom. The van der Waals surface area contributed by atoms with Crippen molar-refractivity contribution in [2.45, 2.75) is 24.9 Å². The van der Waals surface area contributed by atoms with E-state index in [9.17, 15) is 9.90 Å². The first kappa shape index (κ1) is 11.1. The highest BCUT2D eigenvalue weighted by Crippen LogP contribution is 2.26. The van der Waals surface area contributed by atoms with Crippen LogP contribution in [0.1, 0.15) is 12.6 Å². The molecule has 0 radical (unpaired) electrons. The van der Waals surface area contributed by atoms with E-state index in [1.54, 1.807) is 0 Å². The second kappa shape index (κ2) is 4.20. The summed E-state index contributed by atoms with van der Waals surface area (Å²) in [4.78, 5) is 11.5. The van der Waals surface area contributed by atoms with Gasteiger partial charge in [-0.15, -0.1) is 0 Å². The second-order valence-electron chi connectivity index (χ2n) is 3.69. The highest BCUT2D eigenvalue weighted by atomic mass is 16.5. The van der Waals surface area contributed by atoms with Crippen molar-refractivity contribution in [3.63, 3.8) is 0 Å². The lowest BCUT2D eigenvalue weighted by Crippen LogP contribution is -2.27. The Morgan fingerprint density at radius 2 is 2.44 bits per heavy atom. The van der Waals surface area contributed by atoms with Gasteiger partial charge in [0.15, 0.2) is 6.23 Å². The Morgan fingerprint density at radius 1 is 1.69 bits per heavy atom. The molecule has 4 N–H and O–H groups in total. The van der Waals surface area contributed by atoms with E-state index in [1.165, 1.54) is 12.3 Å². The van der Waals surface area contributed by atoms with E-state index in [0.29, 0.717) is 0 Å². The van der Waals surface area contributed by atoms with Crippen molar-refractivity contribution >= 4 is 5.69 Å². The minimum atomic E-state index is -0.791. The van der Waals surface area contributed by atoms with Gasteiger partial charge in [0.1, 0.15) is 6.10 Å². The summed E-state index contributed by atoms with van der Waals surface area (Å²) in [6, 6.07) is 1.23. The molecule has 0 amide bonds. The molecule has 0 saturated carbocycles. The van der Waals surface area contributed by atoms with Gasteiger partial charge >= 0.3 is 0 Å². The number of ether oxygens (including phenoxy) is 1. The molecule has 0 aliphatic carbocycles.